The van der Waals surface area contributed by atoms with Crippen LogP contribution < -0.4 is 10.4 Å². The van der Waals surface area contributed by atoms with Crippen LogP contribution in [-0.4, -0.2) is 105 Å². The highest BCUT2D eigenvalue weighted by molar-refractivity contribution is 6.00. The third kappa shape index (κ3) is 7.99. The van der Waals surface area contributed by atoms with Crippen LogP contribution in [0.5, 0.6) is 5.75 Å². The van der Waals surface area contributed by atoms with E-state index in [4.69, 9.17) is 9.47 Å². The van der Waals surface area contributed by atoms with Crippen LogP contribution in [0.25, 0.3) is 11.0 Å². The van der Waals surface area contributed by atoms with Crippen LogP contribution in [0.1, 0.15) is 70.5 Å². The molecule has 0 radical (unpaired) electrons. The average Bonchev–Trinajstić information content (AvgIpc) is 3.32. The molecule has 0 N–H and O–H groups in total. The van der Waals surface area contributed by atoms with Crippen molar-refractivity contribution in [3.8, 4) is 5.75 Å². The molecule has 13 heteroatoms. The molecule has 3 amide bonds. The molecule has 3 aliphatic heterocycles. The molecule has 3 aliphatic rings. The first-order valence-corrected chi connectivity index (χ1v) is 18.0. The zero-order chi connectivity index (χ0) is 36.6. The number of aryl methyl sites for hydroxylation is 1. The molecule has 6 rings (SSSR count). The summed E-state index contributed by atoms with van der Waals surface area (Å²) >= 11 is 0. The summed E-state index contributed by atoms with van der Waals surface area (Å²) in [7, 11) is 3.20. The van der Waals surface area contributed by atoms with Crippen molar-refractivity contribution in [3.05, 3.63) is 63.8 Å². The molecule has 2 atom stereocenters. The molecule has 0 bridgehead atoms. The van der Waals surface area contributed by atoms with Gasteiger partial charge in [0.1, 0.15) is 23.2 Å². The molecule has 0 aliphatic carbocycles. The van der Waals surface area contributed by atoms with Gasteiger partial charge in [-0.3, -0.25) is 33.4 Å². The first kappa shape index (κ1) is 36.6. The smallest absolute Gasteiger partial charge is 0.410 e. The van der Waals surface area contributed by atoms with Crippen LogP contribution in [0.4, 0.5) is 9.18 Å². The van der Waals surface area contributed by atoms with Crippen molar-refractivity contribution in [2.45, 2.75) is 84.2 Å². The molecule has 1 aromatic heterocycles. The number of likely N-dealkylation sites (tertiary alicyclic amines) is 2. The van der Waals surface area contributed by atoms with Crippen molar-refractivity contribution in [1.29, 1.82) is 0 Å². The maximum atomic E-state index is 15.9. The van der Waals surface area contributed by atoms with Gasteiger partial charge in [-0.05, 0) is 76.6 Å². The van der Waals surface area contributed by atoms with Crippen LogP contribution >= 0.6 is 0 Å². The predicted octanol–water partition coefficient (Wildman–Crippen LogP) is 4.53. The van der Waals surface area contributed by atoms with Gasteiger partial charge in [0.25, 0.3) is 5.91 Å². The summed E-state index contributed by atoms with van der Waals surface area (Å²) in [4.78, 5) is 60.4. The number of halogens is 1. The van der Waals surface area contributed by atoms with Gasteiger partial charge in [-0.1, -0.05) is 12.1 Å². The third-order valence-corrected chi connectivity index (χ3v) is 10.6. The topological polar surface area (TPSA) is 110 Å². The number of ether oxygens (including phenoxy) is 2. The molecule has 1 unspecified atom stereocenters. The van der Waals surface area contributed by atoms with Gasteiger partial charge < -0.3 is 14.4 Å². The average molecular weight is 707 g/mol. The fourth-order valence-corrected chi connectivity index (χ4v) is 7.67. The largest absolute Gasteiger partial charge is 0.497 e. The van der Waals surface area contributed by atoms with Gasteiger partial charge >= 0.3 is 11.8 Å². The second-order valence-corrected chi connectivity index (χ2v) is 15.4. The van der Waals surface area contributed by atoms with Gasteiger partial charge in [-0.15, -0.1) is 0 Å². The number of piperidine rings is 2. The van der Waals surface area contributed by atoms with E-state index in [1.807, 2.05) is 25.7 Å². The lowest BCUT2D eigenvalue weighted by Crippen LogP contribution is -2.53. The molecule has 0 saturated carbocycles. The zero-order valence-corrected chi connectivity index (χ0v) is 30.7. The molecule has 3 fully saturated rings. The maximum absolute atomic E-state index is 15.9. The first-order chi connectivity index (χ1) is 24.2. The standard InChI is InChI=1S/C38H51FN6O6/c1-25-21-41(17-18-43(25)22-27-13-15-42(16-14-27)37(49)51-38(2,3)4)24-28-19-32-33(20-30(28)39)45(36(48)40(32)5)31-11-12-34(46)44(35(31)47)23-26-7-9-29(50-6)10-8-26/h7-10,19-20,25,27,31H,11-18,21-24H2,1-6H3/t25-,31?/m0/s1. The van der Waals surface area contributed by atoms with E-state index in [0.717, 1.165) is 44.6 Å². The third-order valence-electron chi connectivity index (χ3n) is 10.6. The molecular weight excluding hydrogens is 655 g/mol. The highest BCUT2D eigenvalue weighted by atomic mass is 19.1. The van der Waals surface area contributed by atoms with E-state index in [1.165, 1.54) is 20.1 Å². The van der Waals surface area contributed by atoms with E-state index in [9.17, 15) is 19.2 Å². The van der Waals surface area contributed by atoms with Gasteiger partial charge in [0.05, 0.1) is 24.7 Å². The molecule has 276 valence electrons. The van der Waals surface area contributed by atoms with Crippen LogP contribution in [0.2, 0.25) is 0 Å². The minimum absolute atomic E-state index is 0.0786. The highest BCUT2D eigenvalue weighted by Crippen LogP contribution is 2.30. The Kier molecular flexibility index (Phi) is 10.6. The molecule has 12 nitrogen and oxygen atoms in total. The fourth-order valence-electron chi connectivity index (χ4n) is 7.67. The van der Waals surface area contributed by atoms with Crippen molar-refractivity contribution in [2.75, 3.05) is 46.4 Å². The Bertz CT molecular complexity index is 1820. The second kappa shape index (κ2) is 14.8. The number of carbonyl (C=O) groups is 3. The molecule has 0 spiro atoms. The van der Waals surface area contributed by atoms with Gasteiger partial charge in [-0.25, -0.2) is 14.0 Å². The molecular formula is C38H51FN6O6. The number of carbonyl (C=O) groups excluding carboxylic acids is 3. The zero-order valence-electron chi connectivity index (χ0n) is 30.7. The van der Waals surface area contributed by atoms with Gasteiger partial charge in [0.2, 0.25) is 5.91 Å². The number of piperazine rings is 1. The van der Waals surface area contributed by atoms with Crippen molar-refractivity contribution < 1.29 is 28.2 Å². The van der Waals surface area contributed by atoms with Crippen molar-refractivity contribution >= 4 is 28.9 Å². The lowest BCUT2D eigenvalue weighted by molar-refractivity contribution is -0.151. The summed E-state index contributed by atoms with van der Waals surface area (Å²) in [6, 6.07) is 9.58. The number of nitrogens with zero attached hydrogens (tertiary/aromatic N) is 6. The summed E-state index contributed by atoms with van der Waals surface area (Å²) in [5.74, 6) is -0.0261. The summed E-state index contributed by atoms with van der Waals surface area (Å²) in [5.41, 5.74) is 1.23. The molecule has 51 heavy (non-hydrogen) atoms. The molecule has 3 aromatic rings. The fraction of sp³-hybridized carbons (Fsp3) is 0.579. The summed E-state index contributed by atoms with van der Waals surface area (Å²) < 4.78 is 29.4. The Morgan fingerprint density at radius 1 is 0.941 bits per heavy atom. The number of imidazole rings is 1. The Labute approximate surface area is 298 Å². The first-order valence-electron chi connectivity index (χ1n) is 18.0. The lowest BCUT2D eigenvalue weighted by atomic mass is 9.95. The van der Waals surface area contributed by atoms with Crippen molar-refractivity contribution in [2.24, 2.45) is 13.0 Å². The second-order valence-electron chi connectivity index (χ2n) is 15.4. The maximum Gasteiger partial charge on any atom is 0.410 e. The van der Waals surface area contributed by atoms with Gasteiger partial charge in [-0.2, -0.15) is 0 Å². The predicted molar refractivity (Wildman–Crippen MR) is 191 cm³/mol. The molecule has 4 heterocycles. The quantitative estimate of drug-likeness (QED) is 0.315. The number of fused-ring (bicyclic) bond motifs is 1. The Morgan fingerprint density at radius 2 is 1.65 bits per heavy atom. The van der Waals surface area contributed by atoms with E-state index < -0.39 is 29.1 Å². The van der Waals surface area contributed by atoms with E-state index in [0.29, 0.717) is 47.9 Å². The Hall–Kier alpha value is -4.23. The number of aromatic nitrogens is 2. The number of amides is 3. The van der Waals surface area contributed by atoms with Crippen molar-refractivity contribution in [1.82, 2.24) is 28.7 Å². The minimum atomic E-state index is -0.916. The van der Waals surface area contributed by atoms with E-state index in [-0.39, 0.29) is 37.4 Å². The highest BCUT2D eigenvalue weighted by Gasteiger charge is 2.38. The van der Waals surface area contributed by atoms with Crippen LogP contribution in [0, 0.1) is 11.7 Å². The normalized spacial score (nSPS) is 21.5. The number of hydrogen-bond acceptors (Lipinski definition) is 8. The monoisotopic (exact) mass is 706 g/mol. The summed E-state index contributed by atoms with van der Waals surface area (Å²) in [6.07, 6.45) is 1.92. The number of methoxy groups -OCH3 is 1. The van der Waals surface area contributed by atoms with Crippen molar-refractivity contribution in [3.63, 3.8) is 0 Å². The summed E-state index contributed by atoms with van der Waals surface area (Å²) in [6.45, 7) is 13.1. The Morgan fingerprint density at radius 3 is 2.29 bits per heavy atom. The Balaban J connectivity index is 1.09. The van der Waals surface area contributed by atoms with E-state index in [2.05, 4.69) is 16.7 Å². The summed E-state index contributed by atoms with van der Waals surface area (Å²) in [5, 5.41) is 0. The number of imide groups is 1. The van der Waals surface area contributed by atoms with E-state index >= 15 is 4.39 Å². The minimum Gasteiger partial charge on any atom is -0.497 e. The van der Waals surface area contributed by atoms with Gasteiger partial charge in [0, 0.05) is 77.0 Å². The lowest BCUT2D eigenvalue weighted by Gasteiger charge is -2.42. The number of rotatable bonds is 8. The van der Waals surface area contributed by atoms with Crippen LogP contribution in [0.15, 0.2) is 41.2 Å². The van der Waals surface area contributed by atoms with E-state index in [1.54, 1.807) is 44.5 Å². The number of benzene rings is 2. The van der Waals surface area contributed by atoms with Crippen LogP contribution in [0.3, 0.4) is 0 Å². The SMILES string of the molecule is COc1ccc(CN2C(=O)CCC(n3c(=O)n(C)c4cc(CN5CCN(CC6CCN(C(=O)OC(C)(C)C)CC6)[C@@H](C)C5)c(F)cc43)C2=O)cc1. The number of hydrogen-bond donors (Lipinski definition) is 0. The molecule has 2 aromatic carbocycles. The van der Waals surface area contributed by atoms with Gasteiger partial charge in [0.15, 0.2) is 0 Å². The van der Waals surface area contributed by atoms with Crippen LogP contribution in [-0.2, 0) is 34.5 Å². The molecule has 3 saturated heterocycles.